The SMILES string of the molecule is C1=CCC(c2cc(-c3cccc(-c4ccc5c(c4)C4(c6ccccc6O5)c5ccccc5-c5ccccc54)c3)nc(-c3ccccc3)n2)C(c2ccccc2)=C1. The summed E-state index contributed by atoms with van der Waals surface area (Å²) in [5, 5.41) is 0. The summed E-state index contributed by atoms with van der Waals surface area (Å²) in [6.07, 6.45) is 7.52. The molecule has 0 N–H and O–H groups in total. The van der Waals surface area contributed by atoms with Crippen LogP contribution >= 0.6 is 0 Å². The minimum Gasteiger partial charge on any atom is -0.457 e. The van der Waals surface area contributed by atoms with Crippen molar-refractivity contribution in [3.8, 4) is 56.4 Å². The second-order valence-electron chi connectivity index (χ2n) is 14.8. The van der Waals surface area contributed by atoms with Gasteiger partial charge in [-0.15, -0.1) is 0 Å². The number of ether oxygens (including phenoxy) is 1. The van der Waals surface area contributed by atoms with E-state index in [0.29, 0.717) is 0 Å². The molecule has 8 aromatic rings. The Kier molecular flexibility index (Phi) is 7.53. The molecule has 0 bridgehead atoms. The Labute approximate surface area is 327 Å². The Balaban J connectivity index is 1.06. The molecule has 56 heavy (non-hydrogen) atoms. The van der Waals surface area contributed by atoms with Crippen molar-refractivity contribution in [1.29, 1.82) is 0 Å². The monoisotopic (exact) mass is 716 g/mol. The molecule has 0 saturated heterocycles. The van der Waals surface area contributed by atoms with Crippen molar-refractivity contribution >= 4 is 5.57 Å². The predicted octanol–water partition coefficient (Wildman–Crippen LogP) is 13.1. The van der Waals surface area contributed by atoms with E-state index in [0.717, 1.165) is 62.9 Å². The first-order chi connectivity index (χ1) is 27.8. The van der Waals surface area contributed by atoms with Gasteiger partial charge in [0.25, 0.3) is 0 Å². The number of benzene rings is 7. The van der Waals surface area contributed by atoms with Crippen LogP contribution in [0.1, 0.15) is 45.8 Å². The Morgan fingerprint density at radius 3 is 1.84 bits per heavy atom. The molecule has 3 heteroatoms. The van der Waals surface area contributed by atoms with Crippen LogP contribution in [0.4, 0.5) is 0 Å². The van der Waals surface area contributed by atoms with Gasteiger partial charge in [-0.3, -0.25) is 0 Å². The summed E-state index contributed by atoms with van der Waals surface area (Å²) >= 11 is 0. The summed E-state index contributed by atoms with van der Waals surface area (Å²) in [7, 11) is 0. The van der Waals surface area contributed by atoms with Gasteiger partial charge >= 0.3 is 0 Å². The lowest BCUT2D eigenvalue weighted by atomic mass is 9.66. The van der Waals surface area contributed by atoms with Crippen LogP contribution in [-0.4, -0.2) is 9.97 Å². The predicted molar refractivity (Wildman–Crippen MR) is 227 cm³/mol. The van der Waals surface area contributed by atoms with E-state index in [-0.39, 0.29) is 5.92 Å². The highest BCUT2D eigenvalue weighted by Crippen LogP contribution is 2.62. The van der Waals surface area contributed by atoms with E-state index in [1.807, 2.05) is 6.07 Å². The van der Waals surface area contributed by atoms with Crippen LogP contribution in [0.15, 0.2) is 200 Å². The van der Waals surface area contributed by atoms with Gasteiger partial charge in [0.15, 0.2) is 5.82 Å². The number of para-hydroxylation sites is 1. The van der Waals surface area contributed by atoms with Gasteiger partial charge in [0.05, 0.1) is 16.8 Å². The molecule has 1 aromatic heterocycles. The number of rotatable bonds is 5. The Morgan fingerprint density at radius 1 is 0.464 bits per heavy atom. The number of aromatic nitrogens is 2. The van der Waals surface area contributed by atoms with Gasteiger partial charge in [-0.05, 0) is 81.3 Å². The number of hydrogen-bond acceptors (Lipinski definition) is 3. The van der Waals surface area contributed by atoms with Gasteiger partial charge in [-0.25, -0.2) is 9.97 Å². The largest absolute Gasteiger partial charge is 0.457 e. The molecule has 2 aliphatic carbocycles. The molecule has 0 saturated carbocycles. The van der Waals surface area contributed by atoms with E-state index in [2.05, 4.69) is 194 Å². The van der Waals surface area contributed by atoms with Crippen molar-refractivity contribution in [2.45, 2.75) is 17.8 Å². The molecule has 0 amide bonds. The third-order valence-corrected chi connectivity index (χ3v) is 11.7. The smallest absolute Gasteiger partial charge is 0.160 e. The van der Waals surface area contributed by atoms with E-state index >= 15 is 0 Å². The molecular formula is C53H36N2O. The van der Waals surface area contributed by atoms with Crippen molar-refractivity contribution in [1.82, 2.24) is 9.97 Å². The van der Waals surface area contributed by atoms with Crippen LogP contribution in [0.25, 0.3) is 50.5 Å². The Morgan fingerprint density at radius 2 is 1.07 bits per heavy atom. The molecule has 264 valence electrons. The minimum atomic E-state index is -0.518. The maximum Gasteiger partial charge on any atom is 0.160 e. The Hall–Kier alpha value is -7.10. The van der Waals surface area contributed by atoms with Crippen molar-refractivity contribution in [2.75, 3.05) is 0 Å². The van der Waals surface area contributed by atoms with E-state index < -0.39 is 5.41 Å². The van der Waals surface area contributed by atoms with E-state index in [4.69, 9.17) is 14.7 Å². The zero-order chi connectivity index (χ0) is 37.1. The summed E-state index contributed by atoms with van der Waals surface area (Å²) in [4.78, 5) is 10.5. The minimum absolute atomic E-state index is 0.103. The highest BCUT2D eigenvalue weighted by Gasteiger charge is 2.51. The molecule has 1 unspecified atom stereocenters. The van der Waals surface area contributed by atoms with Crippen molar-refractivity contribution in [3.05, 3.63) is 234 Å². The summed E-state index contributed by atoms with van der Waals surface area (Å²) in [6, 6.07) is 65.0. The maximum absolute atomic E-state index is 6.72. The fourth-order valence-corrected chi connectivity index (χ4v) is 9.24. The van der Waals surface area contributed by atoms with Crippen molar-refractivity contribution in [2.24, 2.45) is 0 Å². The molecule has 1 spiro atoms. The molecule has 1 atom stereocenters. The fourth-order valence-electron chi connectivity index (χ4n) is 9.24. The standard InChI is InChI=1S/C53H36N2O/c1-3-16-35(17-4-1)40-22-7-8-25-43(40)49-34-48(54-52(55-49)36-18-5-2-6-19-36)39-21-15-20-37(32-39)38-30-31-51-47(33-38)53(46-28-13-14-29-50(46)56-51)44-26-11-9-23-41(44)42-24-10-12-27-45(42)53/h1-24,26-34,43H,25H2. The second kappa shape index (κ2) is 13.0. The Bertz CT molecular complexity index is 2830. The molecular weight excluding hydrogens is 681 g/mol. The lowest BCUT2D eigenvalue weighted by molar-refractivity contribution is 0.436. The van der Waals surface area contributed by atoms with Gasteiger partial charge in [-0.2, -0.15) is 0 Å². The van der Waals surface area contributed by atoms with E-state index in [1.54, 1.807) is 0 Å². The van der Waals surface area contributed by atoms with Gasteiger partial charge < -0.3 is 4.74 Å². The van der Waals surface area contributed by atoms with Gasteiger partial charge in [0, 0.05) is 28.2 Å². The summed E-state index contributed by atoms with van der Waals surface area (Å²) in [5.74, 6) is 2.61. The van der Waals surface area contributed by atoms with Crippen LogP contribution in [0, 0.1) is 0 Å². The first-order valence-electron chi connectivity index (χ1n) is 19.3. The highest BCUT2D eigenvalue weighted by atomic mass is 16.5. The summed E-state index contributed by atoms with van der Waals surface area (Å²) in [5.41, 5.74) is 15.6. The molecule has 2 heterocycles. The third-order valence-electron chi connectivity index (χ3n) is 11.7. The van der Waals surface area contributed by atoms with E-state index in [1.165, 1.54) is 39.0 Å². The number of hydrogen-bond donors (Lipinski definition) is 0. The van der Waals surface area contributed by atoms with Crippen LogP contribution in [-0.2, 0) is 5.41 Å². The summed E-state index contributed by atoms with van der Waals surface area (Å²) in [6.45, 7) is 0. The summed E-state index contributed by atoms with van der Waals surface area (Å²) < 4.78 is 6.72. The fraction of sp³-hybridized carbons (Fsp3) is 0.0566. The average molecular weight is 717 g/mol. The van der Waals surface area contributed by atoms with Gasteiger partial charge in [0.2, 0.25) is 0 Å². The van der Waals surface area contributed by atoms with Crippen LogP contribution in [0.5, 0.6) is 11.5 Å². The van der Waals surface area contributed by atoms with Gasteiger partial charge in [0.1, 0.15) is 11.5 Å². The highest BCUT2D eigenvalue weighted by molar-refractivity contribution is 5.89. The zero-order valence-corrected chi connectivity index (χ0v) is 30.6. The van der Waals surface area contributed by atoms with Crippen molar-refractivity contribution < 1.29 is 4.74 Å². The maximum atomic E-state index is 6.72. The molecule has 11 rings (SSSR count). The van der Waals surface area contributed by atoms with E-state index in [9.17, 15) is 0 Å². The average Bonchev–Trinajstić information content (AvgIpc) is 3.57. The van der Waals surface area contributed by atoms with Crippen molar-refractivity contribution in [3.63, 3.8) is 0 Å². The number of allylic oxidation sites excluding steroid dienone is 4. The molecule has 1 aliphatic heterocycles. The van der Waals surface area contributed by atoms with Crippen LogP contribution in [0.3, 0.4) is 0 Å². The molecule has 0 fully saturated rings. The number of fused-ring (bicyclic) bond motifs is 9. The normalized spacial score (nSPS) is 15.6. The zero-order valence-electron chi connectivity index (χ0n) is 30.6. The molecule has 7 aromatic carbocycles. The molecule has 3 nitrogen and oxygen atoms in total. The second-order valence-corrected chi connectivity index (χ2v) is 14.8. The quantitative estimate of drug-likeness (QED) is 0.178. The topological polar surface area (TPSA) is 35.0 Å². The lowest BCUT2D eigenvalue weighted by Crippen LogP contribution is -2.32. The first-order valence-corrected chi connectivity index (χ1v) is 19.3. The van der Waals surface area contributed by atoms with Crippen LogP contribution in [0.2, 0.25) is 0 Å². The molecule has 0 radical (unpaired) electrons. The van der Waals surface area contributed by atoms with Gasteiger partial charge in [-0.1, -0.05) is 170 Å². The first kappa shape index (κ1) is 32.3. The number of nitrogens with zero attached hydrogens (tertiary/aromatic N) is 2. The molecule has 3 aliphatic rings. The third kappa shape index (κ3) is 5.05. The lowest BCUT2D eigenvalue weighted by Gasteiger charge is -2.39. The van der Waals surface area contributed by atoms with Crippen LogP contribution < -0.4 is 4.74 Å².